The van der Waals surface area contributed by atoms with Crippen LogP contribution in [-0.4, -0.2) is 25.3 Å². The van der Waals surface area contributed by atoms with Gasteiger partial charge in [-0.25, -0.2) is 4.98 Å². The van der Waals surface area contributed by atoms with Gasteiger partial charge < -0.3 is 10.1 Å². The Morgan fingerprint density at radius 1 is 1.19 bits per heavy atom. The van der Waals surface area contributed by atoms with Crippen molar-refractivity contribution in [1.82, 2.24) is 20.2 Å². The second-order valence-electron chi connectivity index (χ2n) is 5.73. The smallest absolute Gasteiger partial charge is 0.171 e. The Kier molecular flexibility index (Phi) is 4.69. The summed E-state index contributed by atoms with van der Waals surface area (Å²) in [5, 5.41) is 28.6. The van der Waals surface area contributed by atoms with E-state index in [2.05, 4.69) is 20.2 Å². The predicted molar refractivity (Wildman–Crippen MR) is 103 cm³/mol. The maximum absolute atomic E-state index is 11.0. The molecule has 132 valence electrons. The summed E-state index contributed by atoms with van der Waals surface area (Å²) in [5.41, 5.74) is 2.60. The molecule has 6 nitrogen and oxygen atoms in total. The minimum Gasteiger partial charge on any atom is -0.384 e. The molecule has 0 fully saturated rings. The molecule has 0 saturated carbocycles. The number of halogens is 1. The van der Waals surface area contributed by atoms with E-state index < -0.39 is 6.10 Å². The third kappa shape index (κ3) is 3.46. The Bertz CT molecular complexity index is 1120. The molecule has 0 saturated heterocycles. The number of nitrogens with zero attached hydrogens (tertiary/aromatic N) is 4. The van der Waals surface area contributed by atoms with Gasteiger partial charge in [-0.15, -0.1) is 21.5 Å². The first-order valence-corrected chi connectivity index (χ1v) is 9.15. The number of hydrogen-bond donors (Lipinski definition) is 2. The fourth-order valence-electron chi connectivity index (χ4n) is 2.72. The maximum Gasteiger partial charge on any atom is 0.171 e. The zero-order valence-electron chi connectivity index (χ0n) is 13.8. The molecule has 1 aromatic carbocycles. The number of aromatic nitrogens is 4. The van der Waals surface area contributed by atoms with Gasteiger partial charge in [0.05, 0.1) is 4.88 Å². The standard InChI is InChI=1S/C19H12ClN5OS/c20-13-3-1-11(2-4-13)17(26)15-8-16(12-5-6-22-14(7-12)9-21)27-18(15)19-23-10-24-25-19/h1-8,10,17,26H,(H,23,24,25)/t17-/m1/s1. The minimum absolute atomic E-state index is 0.335. The number of benzene rings is 1. The topological polar surface area (TPSA) is 98.5 Å². The number of nitriles is 1. The zero-order valence-corrected chi connectivity index (χ0v) is 15.4. The van der Waals surface area contributed by atoms with Crippen LogP contribution in [0.4, 0.5) is 0 Å². The highest BCUT2D eigenvalue weighted by Gasteiger charge is 2.22. The number of aliphatic hydroxyl groups excluding tert-OH is 1. The summed E-state index contributed by atoms with van der Waals surface area (Å²) in [6.07, 6.45) is 2.23. The largest absolute Gasteiger partial charge is 0.384 e. The summed E-state index contributed by atoms with van der Waals surface area (Å²) in [6, 6.07) is 14.5. The summed E-state index contributed by atoms with van der Waals surface area (Å²) in [5.74, 6) is 0.573. The lowest BCUT2D eigenvalue weighted by Crippen LogP contribution is -2.00. The van der Waals surface area contributed by atoms with E-state index in [1.54, 1.807) is 36.5 Å². The predicted octanol–water partition coefficient (Wildman–Crippen LogP) is 4.20. The van der Waals surface area contributed by atoms with Crippen molar-refractivity contribution in [3.05, 3.63) is 76.8 Å². The van der Waals surface area contributed by atoms with Gasteiger partial charge in [-0.05, 0) is 41.5 Å². The van der Waals surface area contributed by atoms with E-state index >= 15 is 0 Å². The van der Waals surface area contributed by atoms with Crippen LogP contribution < -0.4 is 0 Å². The van der Waals surface area contributed by atoms with Crippen LogP contribution in [0.5, 0.6) is 0 Å². The van der Waals surface area contributed by atoms with Crippen LogP contribution >= 0.6 is 22.9 Å². The number of aromatic amines is 1. The summed E-state index contributed by atoms with van der Waals surface area (Å²) in [4.78, 5) is 8.66. The van der Waals surface area contributed by atoms with Crippen molar-refractivity contribution >= 4 is 22.9 Å². The van der Waals surface area contributed by atoms with Gasteiger partial charge in [0.1, 0.15) is 24.2 Å². The average Bonchev–Trinajstić information content (AvgIpc) is 3.38. The van der Waals surface area contributed by atoms with Gasteiger partial charge in [-0.1, -0.05) is 23.7 Å². The van der Waals surface area contributed by atoms with Crippen LogP contribution in [0.25, 0.3) is 21.1 Å². The average molecular weight is 394 g/mol. The first kappa shape index (κ1) is 17.4. The number of aliphatic hydroxyl groups is 1. The lowest BCUT2D eigenvalue weighted by atomic mass is 10.0. The summed E-state index contributed by atoms with van der Waals surface area (Å²) >= 11 is 7.41. The summed E-state index contributed by atoms with van der Waals surface area (Å²) < 4.78 is 0. The molecule has 1 atom stereocenters. The molecule has 3 aromatic heterocycles. The van der Waals surface area contributed by atoms with Gasteiger partial charge in [0.25, 0.3) is 0 Å². The molecule has 0 spiro atoms. The van der Waals surface area contributed by atoms with Crippen molar-refractivity contribution in [2.24, 2.45) is 0 Å². The van der Waals surface area contributed by atoms with Gasteiger partial charge in [0.2, 0.25) is 0 Å². The molecule has 2 N–H and O–H groups in total. The Morgan fingerprint density at radius 3 is 2.70 bits per heavy atom. The zero-order chi connectivity index (χ0) is 18.8. The molecule has 4 aromatic rings. The molecule has 8 heteroatoms. The lowest BCUT2D eigenvalue weighted by Gasteiger charge is -2.11. The van der Waals surface area contributed by atoms with Gasteiger partial charge in [0, 0.05) is 21.7 Å². The number of pyridine rings is 1. The third-order valence-corrected chi connectivity index (χ3v) is 5.49. The molecule has 0 radical (unpaired) electrons. The highest BCUT2D eigenvalue weighted by Crippen LogP contribution is 2.41. The number of H-pyrrole nitrogens is 1. The molecule has 0 aliphatic heterocycles. The molecule has 0 unspecified atom stereocenters. The highest BCUT2D eigenvalue weighted by atomic mass is 35.5. The van der Waals surface area contributed by atoms with Gasteiger partial charge >= 0.3 is 0 Å². The van der Waals surface area contributed by atoms with Crippen LogP contribution in [0.2, 0.25) is 5.02 Å². The van der Waals surface area contributed by atoms with E-state index in [9.17, 15) is 5.11 Å². The van der Waals surface area contributed by atoms with E-state index in [-0.39, 0.29) is 0 Å². The van der Waals surface area contributed by atoms with Crippen LogP contribution in [0, 0.1) is 11.3 Å². The fraction of sp³-hybridized carbons (Fsp3) is 0.0526. The van der Waals surface area contributed by atoms with Crippen LogP contribution in [0.15, 0.2) is 55.0 Å². The van der Waals surface area contributed by atoms with E-state index in [0.717, 1.165) is 20.9 Å². The van der Waals surface area contributed by atoms with E-state index in [1.165, 1.54) is 17.7 Å². The van der Waals surface area contributed by atoms with Crippen molar-refractivity contribution in [2.75, 3.05) is 0 Å². The van der Waals surface area contributed by atoms with E-state index in [4.69, 9.17) is 16.9 Å². The van der Waals surface area contributed by atoms with Crippen molar-refractivity contribution in [3.8, 4) is 27.2 Å². The molecule has 0 aliphatic rings. The van der Waals surface area contributed by atoms with Crippen molar-refractivity contribution < 1.29 is 5.11 Å². The Hall–Kier alpha value is -3.05. The van der Waals surface area contributed by atoms with Crippen molar-refractivity contribution in [1.29, 1.82) is 5.26 Å². The number of nitrogens with one attached hydrogen (secondary N) is 1. The monoisotopic (exact) mass is 393 g/mol. The number of thiophene rings is 1. The van der Waals surface area contributed by atoms with Gasteiger partial charge in [0.15, 0.2) is 5.82 Å². The summed E-state index contributed by atoms with van der Waals surface area (Å²) in [6.45, 7) is 0. The molecular weight excluding hydrogens is 382 g/mol. The Labute approximate surface area is 163 Å². The SMILES string of the molecule is N#Cc1cc(-c2cc([C@H](O)c3ccc(Cl)cc3)c(-c3nnc[nH]3)s2)ccn1. The lowest BCUT2D eigenvalue weighted by molar-refractivity contribution is 0.221. The highest BCUT2D eigenvalue weighted by molar-refractivity contribution is 7.19. The second-order valence-corrected chi connectivity index (χ2v) is 7.22. The Morgan fingerprint density at radius 2 is 2.00 bits per heavy atom. The first-order chi connectivity index (χ1) is 13.2. The fourth-order valence-corrected chi connectivity index (χ4v) is 3.98. The van der Waals surface area contributed by atoms with E-state index in [1.807, 2.05) is 18.2 Å². The molecule has 3 heterocycles. The van der Waals surface area contributed by atoms with Crippen LogP contribution in [0.1, 0.15) is 22.9 Å². The molecule has 0 bridgehead atoms. The molecule has 0 amide bonds. The molecular formula is C19H12ClN5OS. The van der Waals surface area contributed by atoms with Crippen molar-refractivity contribution in [2.45, 2.75) is 6.10 Å². The first-order valence-electron chi connectivity index (χ1n) is 7.96. The number of rotatable bonds is 4. The molecule has 27 heavy (non-hydrogen) atoms. The van der Waals surface area contributed by atoms with Crippen LogP contribution in [0.3, 0.4) is 0 Å². The number of hydrogen-bond acceptors (Lipinski definition) is 6. The van der Waals surface area contributed by atoms with Gasteiger partial charge in [-0.2, -0.15) is 5.26 Å². The Balaban J connectivity index is 1.83. The van der Waals surface area contributed by atoms with Crippen molar-refractivity contribution in [3.63, 3.8) is 0 Å². The minimum atomic E-state index is -0.857. The van der Waals surface area contributed by atoms with E-state index in [0.29, 0.717) is 22.1 Å². The normalized spacial score (nSPS) is 11.9. The molecule has 4 rings (SSSR count). The summed E-state index contributed by atoms with van der Waals surface area (Å²) in [7, 11) is 0. The van der Waals surface area contributed by atoms with Gasteiger partial charge in [-0.3, -0.25) is 0 Å². The quantitative estimate of drug-likeness (QED) is 0.541. The second kappa shape index (κ2) is 7.29. The maximum atomic E-state index is 11.0. The van der Waals surface area contributed by atoms with Crippen LogP contribution in [-0.2, 0) is 0 Å². The molecule has 0 aliphatic carbocycles. The third-order valence-electron chi connectivity index (χ3n) is 4.03.